The van der Waals surface area contributed by atoms with Crippen molar-refractivity contribution in [2.45, 2.75) is 32.6 Å². The molecular formula is C14H16F2O3. The lowest BCUT2D eigenvalue weighted by Crippen LogP contribution is -2.07. The minimum atomic E-state index is -0.851. The van der Waals surface area contributed by atoms with Gasteiger partial charge in [-0.25, -0.2) is 8.78 Å². The zero-order chi connectivity index (χ0) is 14.3. The SMILES string of the molecule is CCOC(=O)CCCCC(=O)c1c(F)cccc1F. The highest BCUT2D eigenvalue weighted by Crippen LogP contribution is 2.16. The van der Waals surface area contributed by atoms with E-state index in [9.17, 15) is 18.4 Å². The van der Waals surface area contributed by atoms with Crippen LogP contribution in [0, 0.1) is 11.6 Å². The molecule has 0 fully saturated rings. The topological polar surface area (TPSA) is 43.4 Å². The molecule has 3 nitrogen and oxygen atoms in total. The second-order valence-electron chi connectivity index (χ2n) is 4.03. The number of benzene rings is 1. The summed E-state index contributed by atoms with van der Waals surface area (Å²) < 4.78 is 31.3. The first-order chi connectivity index (χ1) is 9.06. The molecule has 0 amide bonds. The van der Waals surface area contributed by atoms with Crippen molar-refractivity contribution in [3.63, 3.8) is 0 Å². The number of ketones is 1. The van der Waals surface area contributed by atoms with Gasteiger partial charge in [0.05, 0.1) is 12.2 Å². The van der Waals surface area contributed by atoms with E-state index in [1.165, 1.54) is 6.07 Å². The van der Waals surface area contributed by atoms with E-state index in [0.29, 0.717) is 19.4 Å². The molecule has 5 heteroatoms. The van der Waals surface area contributed by atoms with Gasteiger partial charge in [0.1, 0.15) is 11.6 Å². The monoisotopic (exact) mass is 270 g/mol. The molecule has 0 aromatic heterocycles. The third-order valence-electron chi connectivity index (χ3n) is 2.58. The molecule has 0 aliphatic heterocycles. The Kier molecular flexibility index (Phi) is 6.12. The fourth-order valence-corrected chi connectivity index (χ4v) is 1.68. The fraction of sp³-hybridized carbons (Fsp3) is 0.429. The lowest BCUT2D eigenvalue weighted by molar-refractivity contribution is -0.143. The fourth-order valence-electron chi connectivity index (χ4n) is 1.68. The van der Waals surface area contributed by atoms with E-state index in [2.05, 4.69) is 0 Å². The molecule has 0 aliphatic rings. The van der Waals surface area contributed by atoms with Crippen LogP contribution in [-0.4, -0.2) is 18.4 Å². The Morgan fingerprint density at radius 2 is 1.68 bits per heavy atom. The number of rotatable bonds is 7. The number of Topliss-reactive ketones (excluding diaryl/α,β-unsaturated/α-hetero) is 1. The van der Waals surface area contributed by atoms with Crippen molar-refractivity contribution in [1.29, 1.82) is 0 Å². The van der Waals surface area contributed by atoms with E-state index in [1.807, 2.05) is 0 Å². The molecule has 0 N–H and O–H groups in total. The molecule has 1 aromatic carbocycles. The first-order valence-electron chi connectivity index (χ1n) is 6.19. The van der Waals surface area contributed by atoms with Crippen LogP contribution in [0.15, 0.2) is 18.2 Å². The van der Waals surface area contributed by atoms with Crippen LogP contribution in [0.1, 0.15) is 43.0 Å². The third kappa shape index (κ3) is 4.77. The first kappa shape index (κ1) is 15.3. The Hall–Kier alpha value is -1.78. The number of unbranched alkanes of at least 4 members (excludes halogenated alkanes) is 1. The smallest absolute Gasteiger partial charge is 0.305 e. The molecule has 0 atom stereocenters. The van der Waals surface area contributed by atoms with Crippen molar-refractivity contribution >= 4 is 11.8 Å². The van der Waals surface area contributed by atoms with Crippen molar-refractivity contribution in [1.82, 2.24) is 0 Å². The van der Waals surface area contributed by atoms with Crippen molar-refractivity contribution in [2.75, 3.05) is 6.61 Å². The van der Waals surface area contributed by atoms with Crippen LogP contribution in [0.2, 0.25) is 0 Å². The second kappa shape index (κ2) is 7.61. The maximum absolute atomic E-state index is 13.3. The van der Waals surface area contributed by atoms with Gasteiger partial charge in [0.25, 0.3) is 0 Å². The Bertz CT molecular complexity index is 438. The van der Waals surface area contributed by atoms with E-state index >= 15 is 0 Å². The Balaban J connectivity index is 2.42. The average molecular weight is 270 g/mol. The summed E-state index contributed by atoms with van der Waals surface area (Å²) in [5.41, 5.74) is -0.501. The summed E-state index contributed by atoms with van der Waals surface area (Å²) >= 11 is 0. The van der Waals surface area contributed by atoms with E-state index < -0.39 is 23.0 Å². The van der Waals surface area contributed by atoms with Crippen LogP contribution >= 0.6 is 0 Å². The summed E-state index contributed by atoms with van der Waals surface area (Å²) in [6.45, 7) is 2.03. The summed E-state index contributed by atoms with van der Waals surface area (Å²) in [6.07, 6.45) is 1.07. The van der Waals surface area contributed by atoms with Gasteiger partial charge in [-0.1, -0.05) is 6.07 Å². The molecular weight excluding hydrogens is 254 g/mol. The van der Waals surface area contributed by atoms with Crippen molar-refractivity contribution < 1.29 is 23.1 Å². The minimum Gasteiger partial charge on any atom is -0.466 e. The maximum atomic E-state index is 13.3. The van der Waals surface area contributed by atoms with Gasteiger partial charge in [-0.2, -0.15) is 0 Å². The standard InChI is InChI=1S/C14H16F2O3/c1-2-19-13(18)9-4-3-8-12(17)14-10(15)6-5-7-11(14)16/h5-7H,2-4,8-9H2,1H3. The lowest BCUT2D eigenvalue weighted by Gasteiger charge is -2.04. The van der Waals surface area contributed by atoms with Gasteiger partial charge in [-0.3, -0.25) is 9.59 Å². The highest BCUT2D eigenvalue weighted by molar-refractivity contribution is 5.96. The van der Waals surface area contributed by atoms with Gasteiger partial charge < -0.3 is 4.74 Å². The van der Waals surface area contributed by atoms with Crippen molar-refractivity contribution in [2.24, 2.45) is 0 Å². The zero-order valence-electron chi connectivity index (χ0n) is 10.7. The Labute approximate surface area is 110 Å². The van der Waals surface area contributed by atoms with Crippen molar-refractivity contribution in [3.8, 4) is 0 Å². The molecule has 1 aromatic rings. The predicted octanol–water partition coefficient (Wildman–Crippen LogP) is 3.27. The zero-order valence-corrected chi connectivity index (χ0v) is 10.7. The Morgan fingerprint density at radius 3 is 2.26 bits per heavy atom. The molecule has 0 saturated heterocycles. The number of esters is 1. The maximum Gasteiger partial charge on any atom is 0.305 e. The molecule has 0 unspecified atom stereocenters. The number of halogens is 2. The van der Waals surface area contributed by atoms with Gasteiger partial charge in [0.15, 0.2) is 5.78 Å². The molecule has 0 radical (unpaired) electrons. The van der Waals surface area contributed by atoms with Crippen LogP contribution in [0.25, 0.3) is 0 Å². The quantitative estimate of drug-likeness (QED) is 0.434. The minimum absolute atomic E-state index is 0.0112. The van der Waals surface area contributed by atoms with Crippen LogP contribution in [-0.2, 0) is 9.53 Å². The van der Waals surface area contributed by atoms with E-state index in [1.54, 1.807) is 6.92 Å². The third-order valence-corrected chi connectivity index (χ3v) is 2.58. The summed E-state index contributed by atoms with van der Waals surface area (Å²) in [5.74, 6) is -2.61. The second-order valence-corrected chi connectivity index (χ2v) is 4.03. The molecule has 0 aliphatic carbocycles. The van der Waals surface area contributed by atoms with Crippen LogP contribution < -0.4 is 0 Å². The largest absolute Gasteiger partial charge is 0.466 e. The molecule has 19 heavy (non-hydrogen) atoms. The average Bonchev–Trinajstić information content (AvgIpc) is 2.35. The summed E-state index contributed by atoms with van der Waals surface area (Å²) in [4.78, 5) is 22.7. The van der Waals surface area contributed by atoms with Gasteiger partial charge in [0.2, 0.25) is 0 Å². The van der Waals surface area contributed by atoms with Crippen LogP contribution in [0.5, 0.6) is 0 Å². The predicted molar refractivity (Wildman–Crippen MR) is 65.8 cm³/mol. The van der Waals surface area contributed by atoms with E-state index in [-0.39, 0.29) is 18.8 Å². The number of carbonyl (C=O) groups is 2. The summed E-state index contributed by atoms with van der Waals surface area (Å²) in [7, 11) is 0. The first-order valence-corrected chi connectivity index (χ1v) is 6.19. The molecule has 0 saturated carbocycles. The molecule has 0 spiro atoms. The summed E-state index contributed by atoms with van der Waals surface area (Å²) in [6, 6.07) is 3.31. The van der Waals surface area contributed by atoms with Crippen LogP contribution in [0.4, 0.5) is 8.78 Å². The highest BCUT2D eigenvalue weighted by Gasteiger charge is 2.16. The number of hydrogen-bond donors (Lipinski definition) is 0. The molecule has 104 valence electrons. The van der Waals surface area contributed by atoms with Gasteiger partial charge in [-0.05, 0) is 31.9 Å². The Morgan fingerprint density at radius 1 is 1.11 bits per heavy atom. The highest BCUT2D eigenvalue weighted by atomic mass is 19.1. The van der Waals surface area contributed by atoms with Gasteiger partial charge in [-0.15, -0.1) is 0 Å². The molecule has 1 rings (SSSR count). The molecule has 0 bridgehead atoms. The summed E-state index contributed by atoms with van der Waals surface area (Å²) in [5, 5.41) is 0. The van der Waals surface area contributed by atoms with Crippen LogP contribution in [0.3, 0.4) is 0 Å². The van der Waals surface area contributed by atoms with Crippen molar-refractivity contribution in [3.05, 3.63) is 35.4 Å². The lowest BCUT2D eigenvalue weighted by atomic mass is 10.0. The number of ether oxygens (including phenoxy) is 1. The number of hydrogen-bond acceptors (Lipinski definition) is 3. The molecule has 0 heterocycles. The van der Waals surface area contributed by atoms with Gasteiger partial charge >= 0.3 is 5.97 Å². The number of carbonyl (C=O) groups excluding carboxylic acids is 2. The van der Waals surface area contributed by atoms with E-state index in [0.717, 1.165) is 12.1 Å². The van der Waals surface area contributed by atoms with E-state index in [4.69, 9.17) is 4.74 Å². The van der Waals surface area contributed by atoms with Gasteiger partial charge in [0, 0.05) is 12.8 Å². The normalized spacial score (nSPS) is 10.3.